The van der Waals surface area contributed by atoms with Crippen LogP contribution in [0, 0.1) is 0 Å². The van der Waals surface area contributed by atoms with E-state index in [9.17, 15) is 21.9 Å². The van der Waals surface area contributed by atoms with Gasteiger partial charge in [0.25, 0.3) is 0 Å². The lowest BCUT2D eigenvalue weighted by Crippen LogP contribution is -2.47. The number of fused-ring (bicyclic) bond motifs is 1. The number of sulfonamides is 2. The van der Waals surface area contributed by atoms with Crippen molar-refractivity contribution in [2.24, 2.45) is 0 Å². The predicted octanol–water partition coefficient (Wildman–Crippen LogP) is 2.09. The maximum Gasteiger partial charge on any atom is 0.243 e. The Hall–Kier alpha value is -2.58. The Morgan fingerprint density at radius 2 is 1.75 bits per heavy atom. The predicted molar refractivity (Wildman–Crippen MR) is 151 cm³/mol. The zero-order chi connectivity index (χ0) is 28.4. The van der Waals surface area contributed by atoms with E-state index in [0.29, 0.717) is 43.2 Å². The number of hydrogen-bond acceptors (Lipinski definition) is 8. The molecular formula is C28H35N3O7S2. The molecule has 12 heteroatoms. The molecule has 2 aliphatic rings. The molecule has 1 unspecified atom stereocenters. The first-order valence-electron chi connectivity index (χ1n) is 13.3. The summed E-state index contributed by atoms with van der Waals surface area (Å²) in [7, 11) is -5.84. The first-order chi connectivity index (χ1) is 19.1. The van der Waals surface area contributed by atoms with Gasteiger partial charge in [-0.1, -0.05) is 36.4 Å². The average Bonchev–Trinajstić information content (AvgIpc) is 3.37. The minimum absolute atomic E-state index is 0.00360. The lowest BCUT2D eigenvalue weighted by molar-refractivity contribution is -0.0312. The zero-order valence-electron chi connectivity index (χ0n) is 22.3. The largest absolute Gasteiger partial charge is 0.491 e. The van der Waals surface area contributed by atoms with Crippen molar-refractivity contribution in [2.75, 3.05) is 39.9 Å². The summed E-state index contributed by atoms with van der Waals surface area (Å²) >= 11 is 0. The van der Waals surface area contributed by atoms with Crippen LogP contribution in [-0.2, 0) is 24.8 Å². The molecule has 0 aromatic heterocycles. The molecule has 3 aromatic rings. The molecule has 10 nitrogen and oxygen atoms in total. The number of aliphatic hydroxyl groups is 1. The van der Waals surface area contributed by atoms with Gasteiger partial charge in [0.2, 0.25) is 20.0 Å². The van der Waals surface area contributed by atoms with Gasteiger partial charge in [-0.3, -0.25) is 0 Å². The molecule has 0 amide bonds. The zero-order valence-corrected chi connectivity index (χ0v) is 24.0. The van der Waals surface area contributed by atoms with Gasteiger partial charge in [0.15, 0.2) is 0 Å². The van der Waals surface area contributed by atoms with Gasteiger partial charge < -0.3 is 19.9 Å². The molecule has 0 radical (unpaired) electrons. The van der Waals surface area contributed by atoms with Gasteiger partial charge >= 0.3 is 0 Å². The molecule has 2 aliphatic heterocycles. The van der Waals surface area contributed by atoms with Gasteiger partial charge in [-0.2, -0.15) is 4.31 Å². The maximum absolute atomic E-state index is 13.3. The Morgan fingerprint density at radius 3 is 2.50 bits per heavy atom. The van der Waals surface area contributed by atoms with E-state index < -0.39 is 26.2 Å². The highest BCUT2D eigenvalue weighted by Crippen LogP contribution is 2.37. The summed E-state index contributed by atoms with van der Waals surface area (Å²) in [5.74, 6) is 0.351. The number of piperidine rings is 1. The van der Waals surface area contributed by atoms with Crippen molar-refractivity contribution >= 4 is 30.8 Å². The van der Waals surface area contributed by atoms with Gasteiger partial charge in [-0.15, -0.1) is 0 Å². The number of aliphatic hydroxyl groups excluding tert-OH is 1. The van der Waals surface area contributed by atoms with Crippen LogP contribution in [0.3, 0.4) is 0 Å². The second-order valence-electron chi connectivity index (χ2n) is 10.4. The third kappa shape index (κ3) is 6.33. The lowest BCUT2D eigenvalue weighted by Gasteiger charge is -2.38. The van der Waals surface area contributed by atoms with Crippen LogP contribution in [0.4, 0.5) is 0 Å². The Morgan fingerprint density at radius 1 is 1.00 bits per heavy atom. The molecule has 5 rings (SSSR count). The van der Waals surface area contributed by atoms with Crippen LogP contribution in [0.15, 0.2) is 76.5 Å². The summed E-state index contributed by atoms with van der Waals surface area (Å²) in [5, 5.41) is 15.6. The van der Waals surface area contributed by atoms with Crippen molar-refractivity contribution in [2.45, 2.75) is 46.8 Å². The monoisotopic (exact) mass is 589 g/mol. The number of ether oxygens (including phenoxy) is 2. The van der Waals surface area contributed by atoms with E-state index in [1.165, 1.54) is 19.2 Å². The van der Waals surface area contributed by atoms with Crippen LogP contribution < -0.4 is 14.8 Å². The van der Waals surface area contributed by atoms with E-state index in [2.05, 4.69) is 10.0 Å². The molecule has 2 heterocycles. The van der Waals surface area contributed by atoms with Crippen LogP contribution in [0.2, 0.25) is 0 Å². The van der Waals surface area contributed by atoms with Crippen molar-refractivity contribution < 1.29 is 31.4 Å². The van der Waals surface area contributed by atoms with E-state index in [-0.39, 0.29) is 29.7 Å². The van der Waals surface area contributed by atoms with Crippen molar-refractivity contribution in [1.82, 2.24) is 14.3 Å². The first-order valence-corrected chi connectivity index (χ1v) is 16.2. The van der Waals surface area contributed by atoms with Crippen LogP contribution in [0.1, 0.15) is 19.3 Å². The van der Waals surface area contributed by atoms with Crippen molar-refractivity contribution in [3.63, 3.8) is 0 Å². The molecule has 2 saturated heterocycles. The fourth-order valence-electron chi connectivity index (χ4n) is 5.34. The minimum Gasteiger partial charge on any atom is -0.491 e. The summed E-state index contributed by atoms with van der Waals surface area (Å²) in [6, 6.07) is 19.1. The van der Waals surface area contributed by atoms with Crippen LogP contribution in [0.5, 0.6) is 5.75 Å². The molecule has 216 valence electrons. The highest BCUT2D eigenvalue weighted by atomic mass is 32.2. The molecular weight excluding hydrogens is 554 g/mol. The van der Waals surface area contributed by atoms with Gasteiger partial charge in [-0.05, 0) is 61.3 Å². The summed E-state index contributed by atoms with van der Waals surface area (Å²) in [6.45, 7) is 1.54. The third-order valence-electron chi connectivity index (χ3n) is 7.67. The normalized spacial score (nSPS) is 20.6. The molecule has 0 bridgehead atoms. The third-order valence-corrected chi connectivity index (χ3v) is 11.0. The molecule has 0 aliphatic carbocycles. The Labute approximate surface area is 235 Å². The standard InChI is InChI=1S/C28H35N3O7S2/c1-29-39(33,34)26-8-4-7-25(16-26)37-20-24(32)18-30-23-17-28(38-19-23)11-13-31(14-12-28)40(35,36)27-10-9-21-5-2-3-6-22(21)15-27/h2-10,15-16,23-24,29-30,32H,11-14,17-20H2,1H3/t23-,24?/m0/s1. The van der Waals surface area contributed by atoms with Gasteiger partial charge in [-0.25, -0.2) is 21.6 Å². The molecule has 0 saturated carbocycles. The van der Waals surface area contributed by atoms with Crippen LogP contribution >= 0.6 is 0 Å². The summed E-state index contributed by atoms with van der Waals surface area (Å²) in [5.41, 5.74) is -0.381. The molecule has 3 N–H and O–H groups in total. The Balaban J connectivity index is 1.09. The SMILES string of the molecule is CNS(=O)(=O)c1cccc(OCC(O)CN[C@@H]2COC3(CCN(S(=O)(=O)c4ccc5ccccc5c4)CC3)C2)c1. The molecule has 2 atom stereocenters. The number of nitrogens with one attached hydrogen (secondary N) is 2. The van der Waals surface area contributed by atoms with E-state index in [0.717, 1.165) is 17.2 Å². The van der Waals surface area contributed by atoms with Gasteiger partial charge in [0, 0.05) is 31.7 Å². The smallest absolute Gasteiger partial charge is 0.243 e. The topological polar surface area (TPSA) is 134 Å². The van der Waals surface area contributed by atoms with Crippen LogP contribution in [-0.4, -0.2) is 83.9 Å². The minimum atomic E-state index is -3.60. The summed E-state index contributed by atoms with van der Waals surface area (Å²) < 4.78 is 66.2. The molecule has 3 aromatic carbocycles. The number of hydrogen-bond donors (Lipinski definition) is 3. The fourth-order valence-corrected chi connectivity index (χ4v) is 7.58. The van der Waals surface area contributed by atoms with Crippen molar-refractivity contribution in [3.8, 4) is 5.75 Å². The second kappa shape index (κ2) is 11.7. The summed E-state index contributed by atoms with van der Waals surface area (Å²) in [6.07, 6.45) is 1.13. The van der Waals surface area contributed by atoms with Gasteiger partial charge in [0.1, 0.15) is 18.5 Å². The lowest BCUT2D eigenvalue weighted by atomic mass is 9.88. The Bertz CT molecular complexity index is 1550. The molecule has 2 fully saturated rings. The van der Waals surface area contributed by atoms with E-state index in [1.54, 1.807) is 28.6 Å². The summed E-state index contributed by atoms with van der Waals surface area (Å²) in [4.78, 5) is 0.394. The van der Waals surface area contributed by atoms with Crippen LogP contribution in [0.25, 0.3) is 10.8 Å². The highest BCUT2D eigenvalue weighted by molar-refractivity contribution is 7.89. The Kier molecular flexibility index (Phi) is 8.48. The average molecular weight is 590 g/mol. The highest BCUT2D eigenvalue weighted by Gasteiger charge is 2.44. The quantitative estimate of drug-likeness (QED) is 0.327. The van der Waals surface area contributed by atoms with E-state index >= 15 is 0 Å². The van der Waals surface area contributed by atoms with Crippen molar-refractivity contribution in [1.29, 1.82) is 0 Å². The second-order valence-corrected chi connectivity index (χ2v) is 14.2. The number of rotatable bonds is 10. The number of nitrogens with zero attached hydrogens (tertiary/aromatic N) is 1. The van der Waals surface area contributed by atoms with Gasteiger partial charge in [0.05, 0.1) is 22.0 Å². The van der Waals surface area contributed by atoms with Crippen molar-refractivity contribution in [3.05, 3.63) is 66.7 Å². The molecule has 1 spiro atoms. The first kappa shape index (κ1) is 28.9. The van der Waals surface area contributed by atoms with E-state index in [4.69, 9.17) is 9.47 Å². The molecule has 40 heavy (non-hydrogen) atoms. The fraction of sp³-hybridized carbons (Fsp3) is 0.429. The maximum atomic E-state index is 13.3. The van der Waals surface area contributed by atoms with E-state index in [1.807, 2.05) is 30.3 Å². The number of benzene rings is 3.